The summed E-state index contributed by atoms with van der Waals surface area (Å²) in [6.07, 6.45) is 4.50. The minimum absolute atomic E-state index is 0.182. The Morgan fingerprint density at radius 2 is 2.05 bits per heavy atom. The number of rotatable bonds is 2. The van der Waals surface area contributed by atoms with Gasteiger partial charge in [-0.15, -0.1) is 0 Å². The van der Waals surface area contributed by atoms with Crippen LogP contribution in [-0.4, -0.2) is 11.4 Å². The Hall–Kier alpha value is -1.57. The van der Waals surface area contributed by atoms with Crippen LogP contribution in [0.15, 0.2) is 18.2 Å². The fourth-order valence-corrected chi connectivity index (χ4v) is 2.51. The van der Waals surface area contributed by atoms with Crippen LogP contribution >= 0.6 is 11.6 Å². The first-order valence-corrected chi connectivity index (χ1v) is 6.73. The van der Waals surface area contributed by atoms with Crippen LogP contribution in [0.5, 0.6) is 0 Å². The van der Waals surface area contributed by atoms with Gasteiger partial charge in [-0.3, -0.25) is 4.79 Å². The average Bonchev–Trinajstić information content (AvgIpc) is 2.41. The van der Waals surface area contributed by atoms with Crippen LogP contribution in [0.1, 0.15) is 37.7 Å². The zero-order chi connectivity index (χ0) is 13.9. The van der Waals surface area contributed by atoms with Gasteiger partial charge in [0.2, 0.25) is 5.91 Å². The Labute approximate surface area is 117 Å². The van der Waals surface area contributed by atoms with Crippen molar-refractivity contribution in [3.63, 3.8) is 0 Å². The van der Waals surface area contributed by atoms with Gasteiger partial charge >= 0.3 is 0 Å². The van der Waals surface area contributed by atoms with Gasteiger partial charge in [-0.25, -0.2) is 0 Å². The van der Waals surface area contributed by atoms with Crippen molar-refractivity contribution in [2.24, 2.45) is 5.73 Å². The Morgan fingerprint density at radius 3 is 2.68 bits per heavy atom. The third-order valence-electron chi connectivity index (χ3n) is 3.54. The standard InChI is InChI=1S/C14H16ClN3O/c15-12-5-4-11(8-10(12)9-16)18-13(19)14(17)6-2-1-3-7-14/h4-5,8H,1-3,6-7,17H2,(H,18,19). The molecule has 4 nitrogen and oxygen atoms in total. The summed E-state index contributed by atoms with van der Waals surface area (Å²) in [5, 5.41) is 12.1. The average molecular weight is 278 g/mol. The molecule has 1 amide bonds. The molecule has 3 N–H and O–H groups in total. The van der Waals surface area contributed by atoms with Crippen molar-refractivity contribution >= 4 is 23.2 Å². The molecule has 0 aromatic heterocycles. The van der Waals surface area contributed by atoms with Gasteiger partial charge in [-0.1, -0.05) is 30.9 Å². The first-order chi connectivity index (χ1) is 9.05. The number of nitrogens with one attached hydrogen (secondary N) is 1. The molecule has 19 heavy (non-hydrogen) atoms. The summed E-state index contributed by atoms with van der Waals surface area (Å²) in [5.74, 6) is -0.182. The second-order valence-electron chi connectivity index (χ2n) is 4.98. The highest BCUT2D eigenvalue weighted by atomic mass is 35.5. The van der Waals surface area contributed by atoms with Gasteiger partial charge in [0, 0.05) is 5.69 Å². The molecule has 1 saturated carbocycles. The van der Waals surface area contributed by atoms with E-state index in [4.69, 9.17) is 22.6 Å². The van der Waals surface area contributed by atoms with Crippen molar-refractivity contribution < 1.29 is 4.79 Å². The van der Waals surface area contributed by atoms with Crippen LogP contribution in [0.25, 0.3) is 0 Å². The zero-order valence-corrected chi connectivity index (χ0v) is 11.3. The molecule has 100 valence electrons. The highest BCUT2D eigenvalue weighted by Gasteiger charge is 2.35. The number of halogens is 1. The summed E-state index contributed by atoms with van der Waals surface area (Å²) in [6, 6.07) is 6.82. The van der Waals surface area contributed by atoms with Crippen LogP contribution in [0, 0.1) is 11.3 Å². The molecule has 1 aromatic carbocycles. The van der Waals surface area contributed by atoms with Crippen molar-refractivity contribution in [3.8, 4) is 6.07 Å². The molecule has 0 heterocycles. The minimum atomic E-state index is -0.787. The SMILES string of the molecule is N#Cc1cc(NC(=O)C2(N)CCCCC2)ccc1Cl. The monoisotopic (exact) mass is 277 g/mol. The lowest BCUT2D eigenvalue weighted by Gasteiger charge is -2.31. The maximum absolute atomic E-state index is 12.2. The van der Waals surface area contributed by atoms with Crippen molar-refractivity contribution in [3.05, 3.63) is 28.8 Å². The molecule has 0 radical (unpaired) electrons. The summed E-state index contributed by atoms with van der Waals surface area (Å²) in [7, 11) is 0. The minimum Gasteiger partial charge on any atom is -0.324 e. The highest BCUT2D eigenvalue weighted by molar-refractivity contribution is 6.31. The number of carbonyl (C=O) groups excluding carboxylic acids is 1. The smallest absolute Gasteiger partial charge is 0.244 e. The molecule has 0 bridgehead atoms. The van der Waals surface area contributed by atoms with Crippen molar-refractivity contribution in [1.29, 1.82) is 5.26 Å². The zero-order valence-electron chi connectivity index (χ0n) is 10.6. The molecule has 0 aliphatic heterocycles. The fraction of sp³-hybridized carbons (Fsp3) is 0.429. The van der Waals surface area contributed by atoms with Gasteiger partial charge in [0.15, 0.2) is 0 Å². The van der Waals surface area contributed by atoms with E-state index < -0.39 is 5.54 Å². The van der Waals surface area contributed by atoms with E-state index in [9.17, 15) is 4.79 Å². The molecule has 0 unspecified atom stereocenters. The number of anilines is 1. The normalized spacial score (nSPS) is 17.5. The molecule has 2 rings (SSSR count). The molecule has 0 atom stereocenters. The van der Waals surface area contributed by atoms with Gasteiger partial charge < -0.3 is 11.1 Å². The Balaban J connectivity index is 2.13. The topological polar surface area (TPSA) is 78.9 Å². The van der Waals surface area contributed by atoms with Crippen molar-refractivity contribution in [1.82, 2.24) is 0 Å². The number of hydrogen-bond donors (Lipinski definition) is 2. The number of nitrogens with two attached hydrogens (primary N) is 1. The van der Waals surface area contributed by atoms with E-state index >= 15 is 0 Å². The van der Waals surface area contributed by atoms with Gasteiger partial charge in [0.1, 0.15) is 6.07 Å². The number of benzene rings is 1. The second-order valence-corrected chi connectivity index (χ2v) is 5.38. The van der Waals surface area contributed by atoms with Crippen LogP contribution in [0.3, 0.4) is 0 Å². The quantitative estimate of drug-likeness (QED) is 0.872. The third kappa shape index (κ3) is 3.06. The van der Waals surface area contributed by atoms with E-state index in [1.54, 1.807) is 18.2 Å². The Bertz CT molecular complexity index is 530. The molecular formula is C14H16ClN3O. The van der Waals surface area contributed by atoms with Gasteiger partial charge in [-0.05, 0) is 31.0 Å². The lowest BCUT2D eigenvalue weighted by atomic mass is 9.82. The summed E-state index contributed by atoms with van der Waals surface area (Å²) < 4.78 is 0. The number of nitrogens with zero attached hydrogens (tertiary/aromatic N) is 1. The number of amides is 1. The van der Waals surface area contributed by atoms with Crippen molar-refractivity contribution in [2.45, 2.75) is 37.6 Å². The van der Waals surface area contributed by atoms with E-state index in [1.165, 1.54) is 0 Å². The largest absolute Gasteiger partial charge is 0.324 e. The van der Waals surface area contributed by atoms with Crippen LogP contribution < -0.4 is 11.1 Å². The van der Waals surface area contributed by atoms with Gasteiger partial charge in [0.05, 0.1) is 16.1 Å². The molecular weight excluding hydrogens is 262 g/mol. The van der Waals surface area contributed by atoms with E-state index in [0.717, 1.165) is 19.3 Å². The third-order valence-corrected chi connectivity index (χ3v) is 3.87. The maximum Gasteiger partial charge on any atom is 0.244 e. The van der Waals surface area contributed by atoms with E-state index in [1.807, 2.05) is 6.07 Å². The summed E-state index contributed by atoms with van der Waals surface area (Å²) >= 11 is 5.85. The Kier molecular flexibility index (Phi) is 4.08. The number of hydrogen-bond acceptors (Lipinski definition) is 3. The fourth-order valence-electron chi connectivity index (χ4n) is 2.35. The van der Waals surface area contributed by atoms with Crippen LogP contribution in [0.4, 0.5) is 5.69 Å². The van der Waals surface area contributed by atoms with Crippen molar-refractivity contribution in [2.75, 3.05) is 5.32 Å². The predicted molar refractivity (Wildman–Crippen MR) is 74.8 cm³/mol. The molecule has 0 saturated heterocycles. The summed E-state index contributed by atoms with van der Waals surface area (Å²) in [5.41, 5.74) is 6.26. The molecule has 0 spiro atoms. The first kappa shape index (κ1) is 13.9. The molecule has 1 aromatic rings. The molecule has 1 fully saturated rings. The van der Waals surface area contributed by atoms with Gasteiger partial charge in [0.25, 0.3) is 0 Å². The summed E-state index contributed by atoms with van der Waals surface area (Å²) in [4.78, 5) is 12.2. The van der Waals surface area contributed by atoms with Crippen LogP contribution in [-0.2, 0) is 4.79 Å². The molecule has 1 aliphatic carbocycles. The van der Waals surface area contributed by atoms with E-state index in [2.05, 4.69) is 5.32 Å². The lowest BCUT2D eigenvalue weighted by molar-refractivity contribution is -0.122. The van der Waals surface area contributed by atoms with E-state index in [-0.39, 0.29) is 5.91 Å². The van der Waals surface area contributed by atoms with Crippen LogP contribution in [0.2, 0.25) is 5.02 Å². The lowest BCUT2D eigenvalue weighted by Crippen LogP contribution is -2.52. The van der Waals surface area contributed by atoms with E-state index in [0.29, 0.717) is 29.1 Å². The number of nitriles is 1. The second kappa shape index (κ2) is 5.60. The molecule has 1 aliphatic rings. The Morgan fingerprint density at radius 1 is 1.37 bits per heavy atom. The summed E-state index contributed by atoms with van der Waals surface area (Å²) in [6.45, 7) is 0. The highest BCUT2D eigenvalue weighted by Crippen LogP contribution is 2.28. The molecule has 5 heteroatoms. The predicted octanol–water partition coefficient (Wildman–Crippen LogP) is 2.81. The number of carbonyl (C=O) groups is 1. The maximum atomic E-state index is 12.2. The first-order valence-electron chi connectivity index (χ1n) is 6.35. The van der Waals surface area contributed by atoms with Gasteiger partial charge in [-0.2, -0.15) is 5.26 Å².